The second-order valence-electron chi connectivity index (χ2n) is 6.69. The SMILES string of the molecule is CC(=O)NC12CCOCC1CN(C(=O)c1coc3ccccc13)C2. The fraction of sp³-hybridized carbons (Fsp3) is 0.444. The van der Waals surface area contributed by atoms with Crippen LogP contribution in [0.25, 0.3) is 11.0 Å². The summed E-state index contributed by atoms with van der Waals surface area (Å²) in [7, 11) is 0. The van der Waals surface area contributed by atoms with Gasteiger partial charge in [-0.25, -0.2) is 0 Å². The van der Waals surface area contributed by atoms with Crippen molar-refractivity contribution in [3.63, 3.8) is 0 Å². The highest BCUT2D eigenvalue weighted by Gasteiger charge is 2.50. The number of carbonyl (C=O) groups is 2. The molecule has 4 rings (SSSR count). The smallest absolute Gasteiger partial charge is 0.257 e. The van der Waals surface area contributed by atoms with Gasteiger partial charge in [-0.1, -0.05) is 18.2 Å². The van der Waals surface area contributed by atoms with Crippen molar-refractivity contribution in [3.05, 3.63) is 36.1 Å². The number of nitrogens with one attached hydrogen (secondary N) is 1. The van der Waals surface area contributed by atoms with E-state index in [9.17, 15) is 9.59 Å². The summed E-state index contributed by atoms with van der Waals surface area (Å²) >= 11 is 0. The summed E-state index contributed by atoms with van der Waals surface area (Å²) in [6.07, 6.45) is 2.25. The highest BCUT2D eigenvalue weighted by atomic mass is 16.5. The van der Waals surface area contributed by atoms with Crippen LogP contribution in [0.2, 0.25) is 0 Å². The molecule has 1 aromatic carbocycles. The van der Waals surface area contributed by atoms with Gasteiger partial charge in [-0.15, -0.1) is 0 Å². The van der Waals surface area contributed by atoms with Gasteiger partial charge in [0.2, 0.25) is 5.91 Å². The lowest BCUT2D eigenvalue weighted by atomic mass is 9.83. The van der Waals surface area contributed by atoms with E-state index in [1.807, 2.05) is 29.2 Å². The average Bonchev–Trinajstić information content (AvgIpc) is 3.14. The van der Waals surface area contributed by atoms with E-state index < -0.39 is 0 Å². The minimum absolute atomic E-state index is 0.0564. The first-order valence-electron chi connectivity index (χ1n) is 8.21. The Bertz CT molecular complexity index is 799. The van der Waals surface area contributed by atoms with Crippen LogP contribution in [0.5, 0.6) is 0 Å². The van der Waals surface area contributed by atoms with Gasteiger partial charge in [0.15, 0.2) is 0 Å². The molecule has 2 atom stereocenters. The normalized spacial score (nSPS) is 26.4. The highest BCUT2D eigenvalue weighted by molar-refractivity contribution is 6.06. The van der Waals surface area contributed by atoms with Gasteiger partial charge in [0.25, 0.3) is 5.91 Å². The van der Waals surface area contributed by atoms with Crippen molar-refractivity contribution < 1.29 is 18.7 Å². The summed E-state index contributed by atoms with van der Waals surface area (Å²) in [6, 6.07) is 7.52. The van der Waals surface area contributed by atoms with E-state index in [2.05, 4.69) is 5.32 Å². The molecule has 6 heteroatoms. The number of benzene rings is 1. The van der Waals surface area contributed by atoms with Crippen LogP contribution in [0.4, 0.5) is 0 Å². The third kappa shape index (κ3) is 2.38. The zero-order chi connectivity index (χ0) is 16.7. The number of para-hydroxylation sites is 1. The van der Waals surface area contributed by atoms with Gasteiger partial charge in [0, 0.05) is 37.9 Å². The van der Waals surface area contributed by atoms with Crippen LogP contribution < -0.4 is 5.32 Å². The first kappa shape index (κ1) is 15.2. The van der Waals surface area contributed by atoms with Crippen molar-refractivity contribution in [2.45, 2.75) is 18.9 Å². The lowest BCUT2D eigenvalue weighted by Gasteiger charge is -2.38. The van der Waals surface area contributed by atoms with Crippen molar-refractivity contribution in [1.29, 1.82) is 0 Å². The van der Waals surface area contributed by atoms with Gasteiger partial charge in [-0.05, 0) is 12.5 Å². The minimum atomic E-state index is -0.376. The number of nitrogens with zero attached hydrogens (tertiary/aromatic N) is 1. The Morgan fingerprint density at radius 1 is 1.33 bits per heavy atom. The van der Waals surface area contributed by atoms with Crippen LogP contribution in [-0.4, -0.2) is 48.6 Å². The first-order valence-corrected chi connectivity index (χ1v) is 8.21. The van der Waals surface area contributed by atoms with Crippen molar-refractivity contribution in [2.75, 3.05) is 26.3 Å². The molecule has 6 nitrogen and oxygen atoms in total. The Labute approximate surface area is 139 Å². The first-order chi connectivity index (χ1) is 11.6. The largest absolute Gasteiger partial charge is 0.463 e. The zero-order valence-electron chi connectivity index (χ0n) is 13.6. The van der Waals surface area contributed by atoms with E-state index in [0.717, 1.165) is 11.8 Å². The zero-order valence-corrected chi connectivity index (χ0v) is 13.6. The van der Waals surface area contributed by atoms with Crippen LogP contribution in [-0.2, 0) is 9.53 Å². The molecule has 24 heavy (non-hydrogen) atoms. The van der Waals surface area contributed by atoms with Crippen LogP contribution in [0, 0.1) is 5.92 Å². The molecule has 2 aliphatic heterocycles. The molecule has 2 amide bonds. The van der Waals surface area contributed by atoms with Gasteiger partial charge in [0.05, 0.1) is 17.7 Å². The molecule has 126 valence electrons. The Morgan fingerprint density at radius 3 is 3.00 bits per heavy atom. The molecule has 2 saturated heterocycles. The number of hydrogen-bond acceptors (Lipinski definition) is 4. The maximum atomic E-state index is 13.0. The second-order valence-corrected chi connectivity index (χ2v) is 6.69. The van der Waals surface area contributed by atoms with E-state index >= 15 is 0 Å². The molecule has 1 aromatic heterocycles. The highest BCUT2D eigenvalue weighted by Crippen LogP contribution is 2.36. The lowest BCUT2D eigenvalue weighted by Crippen LogP contribution is -2.57. The molecule has 0 saturated carbocycles. The molecule has 2 aromatic rings. The number of carbonyl (C=O) groups excluding carboxylic acids is 2. The standard InChI is InChI=1S/C18H20N2O4/c1-12(21)19-18-6-7-23-9-13(18)8-20(11-18)17(22)15-10-24-16-5-3-2-4-14(15)16/h2-5,10,13H,6-9,11H2,1H3,(H,19,21). The fourth-order valence-corrected chi connectivity index (χ4v) is 3.97. The van der Waals surface area contributed by atoms with Crippen molar-refractivity contribution >= 4 is 22.8 Å². The Balaban J connectivity index is 1.63. The number of hydrogen-bond donors (Lipinski definition) is 1. The van der Waals surface area contributed by atoms with Crippen LogP contribution in [0.3, 0.4) is 0 Å². The van der Waals surface area contributed by atoms with Crippen molar-refractivity contribution in [3.8, 4) is 0 Å². The van der Waals surface area contributed by atoms with Crippen molar-refractivity contribution in [2.24, 2.45) is 5.92 Å². The van der Waals surface area contributed by atoms with Gasteiger partial charge in [0.1, 0.15) is 11.8 Å². The number of rotatable bonds is 2. The van der Waals surface area contributed by atoms with Crippen molar-refractivity contribution in [1.82, 2.24) is 10.2 Å². The van der Waals surface area contributed by atoms with Crippen LogP contribution in [0.15, 0.2) is 34.9 Å². The van der Waals surface area contributed by atoms with Gasteiger partial charge >= 0.3 is 0 Å². The van der Waals surface area contributed by atoms with E-state index in [0.29, 0.717) is 37.4 Å². The summed E-state index contributed by atoms with van der Waals surface area (Å²) < 4.78 is 11.1. The third-order valence-electron chi connectivity index (χ3n) is 5.13. The summed E-state index contributed by atoms with van der Waals surface area (Å²) in [6.45, 7) is 3.79. The Kier molecular flexibility index (Phi) is 3.57. The van der Waals surface area contributed by atoms with E-state index in [1.54, 1.807) is 0 Å². The summed E-state index contributed by atoms with van der Waals surface area (Å²) in [5.74, 6) is 0.00121. The second kappa shape index (κ2) is 5.63. The van der Waals surface area contributed by atoms with Gasteiger partial charge in [-0.2, -0.15) is 0 Å². The quantitative estimate of drug-likeness (QED) is 0.912. The number of fused-ring (bicyclic) bond motifs is 2. The number of ether oxygens (including phenoxy) is 1. The molecule has 0 aliphatic carbocycles. The van der Waals surface area contributed by atoms with E-state index in [4.69, 9.17) is 9.15 Å². The molecule has 0 bridgehead atoms. The van der Waals surface area contributed by atoms with E-state index in [-0.39, 0.29) is 23.3 Å². The lowest BCUT2D eigenvalue weighted by molar-refractivity contribution is -0.122. The Morgan fingerprint density at radius 2 is 2.17 bits per heavy atom. The Hall–Kier alpha value is -2.34. The molecule has 3 heterocycles. The predicted octanol–water partition coefficient (Wildman–Crippen LogP) is 1.80. The third-order valence-corrected chi connectivity index (χ3v) is 5.13. The van der Waals surface area contributed by atoms with Crippen LogP contribution in [0.1, 0.15) is 23.7 Å². The minimum Gasteiger partial charge on any atom is -0.463 e. The monoisotopic (exact) mass is 328 g/mol. The fourth-order valence-electron chi connectivity index (χ4n) is 3.97. The molecule has 1 N–H and O–H groups in total. The van der Waals surface area contributed by atoms with Crippen LogP contribution >= 0.6 is 0 Å². The van der Waals surface area contributed by atoms with E-state index in [1.165, 1.54) is 13.2 Å². The molecular weight excluding hydrogens is 308 g/mol. The predicted molar refractivity (Wildman–Crippen MR) is 87.6 cm³/mol. The maximum absolute atomic E-state index is 13.0. The van der Waals surface area contributed by atoms with Gasteiger partial charge in [-0.3, -0.25) is 9.59 Å². The molecule has 2 fully saturated rings. The molecule has 0 radical (unpaired) electrons. The maximum Gasteiger partial charge on any atom is 0.257 e. The molecule has 2 unspecified atom stereocenters. The topological polar surface area (TPSA) is 71.8 Å². The summed E-state index contributed by atoms with van der Waals surface area (Å²) in [5.41, 5.74) is 0.903. The number of furan rings is 1. The molecule has 0 spiro atoms. The summed E-state index contributed by atoms with van der Waals surface area (Å²) in [4.78, 5) is 26.5. The number of amides is 2. The average molecular weight is 328 g/mol. The number of likely N-dealkylation sites (tertiary alicyclic amines) is 1. The van der Waals surface area contributed by atoms with Gasteiger partial charge < -0.3 is 19.4 Å². The summed E-state index contributed by atoms with van der Waals surface area (Å²) in [5, 5.41) is 3.91. The molecular formula is C18H20N2O4. The molecule has 2 aliphatic rings.